The van der Waals surface area contributed by atoms with E-state index in [0.29, 0.717) is 17.6 Å². The maximum absolute atomic E-state index is 11.6. The summed E-state index contributed by atoms with van der Waals surface area (Å²) in [6.45, 7) is 3.98. The van der Waals surface area contributed by atoms with Gasteiger partial charge in [0.1, 0.15) is 5.78 Å². The number of ether oxygens (including phenoxy) is 2. The smallest absolute Gasteiger partial charge is 0.163 e. The van der Waals surface area contributed by atoms with Crippen LogP contribution in [0.2, 0.25) is 0 Å². The average Bonchev–Trinajstić information content (AvgIpc) is 2.53. The fourth-order valence-electron chi connectivity index (χ4n) is 3.71. The Morgan fingerprint density at radius 3 is 2.94 bits per heavy atom. The molecular weight excluding hydrogens is 204 g/mol. The van der Waals surface area contributed by atoms with Crippen LogP contribution in [0.3, 0.4) is 0 Å². The lowest BCUT2D eigenvalue weighted by Crippen LogP contribution is -2.27. The summed E-state index contributed by atoms with van der Waals surface area (Å²) in [6, 6.07) is 0. The minimum absolute atomic E-state index is 0.232. The van der Waals surface area contributed by atoms with Crippen LogP contribution >= 0.6 is 0 Å². The summed E-state index contributed by atoms with van der Waals surface area (Å²) in [5.74, 6) is 1.09. The summed E-state index contributed by atoms with van der Waals surface area (Å²) in [4.78, 5) is 11.6. The van der Waals surface area contributed by atoms with Crippen LogP contribution in [0.1, 0.15) is 46.0 Å². The molecule has 0 radical (unpaired) electrons. The molecule has 16 heavy (non-hydrogen) atoms. The number of Topliss-reactive ketones (excluding diaryl/α,β-unsaturated/α-hetero) is 1. The fourth-order valence-corrected chi connectivity index (χ4v) is 3.71. The maximum Gasteiger partial charge on any atom is 0.163 e. The quantitative estimate of drug-likeness (QED) is 0.633. The van der Waals surface area contributed by atoms with E-state index in [-0.39, 0.29) is 12.2 Å². The number of carbonyl (C=O) groups excluding carboxylic acids is 1. The van der Waals surface area contributed by atoms with E-state index in [1.807, 2.05) is 13.8 Å². The zero-order valence-corrected chi connectivity index (χ0v) is 10.1. The zero-order chi connectivity index (χ0) is 11.3. The molecule has 0 N–H and O–H groups in total. The maximum atomic E-state index is 11.6. The van der Waals surface area contributed by atoms with Crippen molar-refractivity contribution in [2.75, 3.05) is 0 Å². The first-order valence-corrected chi connectivity index (χ1v) is 6.42. The van der Waals surface area contributed by atoms with Gasteiger partial charge in [-0.1, -0.05) is 0 Å². The van der Waals surface area contributed by atoms with E-state index in [1.54, 1.807) is 0 Å². The molecule has 1 aliphatic heterocycles. The molecule has 0 bridgehead atoms. The van der Waals surface area contributed by atoms with Gasteiger partial charge in [0.2, 0.25) is 0 Å². The van der Waals surface area contributed by atoms with Crippen molar-refractivity contribution >= 4 is 5.78 Å². The Morgan fingerprint density at radius 2 is 2.12 bits per heavy atom. The summed E-state index contributed by atoms with van der Waals surface area (Å²) in [7, 11) is 0. The molecule has 3 rings (SSSR count). The highest BCUT2D eigenvalue weighted by Gasteiger charge is 2.53. The van der Waals surface area contributed by atoms with Crippen LogP contribution in [-0.2, 0) is 14.3 Å². The summed E-state index contributed by atoms with van der Waals surface area (Å²) in [5, 5.41) is 0. The summed E-state index contributed by atoms with van der Waals surface area (Å²) in [5.41, 5.74) is 0. The number of ketones is 1. The van der Waals surface area contributed by atoms with Crippen LogP contribution in [-0.4, -0.2) is 23.8 Å². The molecular formula is C13H20O3. The molecule has 0 unspecified atom stereocenters. The second-order valence-electron chi connectivity index (χ2n) is 5.93. The lowest BCUT2D eigenvalue weighted by atomic mass is 9.90. The molecule has 3 nitrogen and oxygen atoms in total. The Labute approximate surface area is 96.5 Å². The summed E-state index contributed by atoms with van der Waals surface area (Å²) >= 11 is 0. The van der Waals surface area contributed by atoms with Crippen LogP contribution in [0, 0.1) is 11.8 Å². The van der Waals surface area contributed by atoms with E-state index in [4.69, 9.17) is 9.47 Å². The van der Waals surface area contributed by atoms with Gasteiger partial charge in [0.25, 0.3) is 0 Å². The average molecular weight is 224 g/mol. The highest BCUT2D eigenvalue weighted by atomic mass is 16.8. The minimum Gasteiger partial charge on any atom is -0.345 e. The van der Waals surface area contributed by atoms with Crippen LogP contribution < -0.4 is 0 Å². The summed E-state index contributed by atoms with van der Waals surface area (Å²) in [6.07, 6.45) is 5.19. The molecule has 3 fully saturated rings. The van der Waals surface area contributed by atoms with E-state index < -0.39 is 5.79 Å². The normalized spacial score (nSPS) is 46.2. The highest BCUT2D eigenvalue weighted by molar-refractivity contribution is 5.79. The van der Waals surface area contributed by atoms with E-state index in [0.717, 1.165) is 32.1 Å². The van der Waals surface area contributed by atoms with Crippen molar-refractivity contribution in [1.29, 1.82) is 0 Å². The fraction of sp³-hybridized carbons (Fsp3) is 0.923. The predicted octanol–water partition coefficient (Wildman–Crippen LogP) is 2.29. The molecule has 2 saturated carbocycles. The van der Waals surface area contributed by atoms with Crippen molar-refractivity contribution in [2.45, 2.75) is 63.9 Å². The first kappa shape index (κ1) is 10.7. The van der Waals surface area contributed by atoms with Crippen molar-refractivity contribution in [2.24, 2.45) is 11.8 Å². The van der Waals surface area contributed by atoms with E-state index in [2.05, 4.69) is 0 Å². The van der Waals surface area contributed by atoms with Gasteiger partial charge in [0.05, 0.1) is 12.2 Å². The molecule has 0 amide bonds. The molecule has 0 aromatic carbocycles. The van der Waals surface area contributed by atoms with Gasteiger partial charge in [-0.2, -0.15) is 0 Å². The molecule has 2 aliphatic carbocycles. The molecule has 1 heterocycles. The van der Waals surface area contributed by atoms with Gasteiger partial charge < -0.3 is 9.47 Å². The van der Waals surface area contributed by atoms with Crippen molar-refractivity contribution < 1.29 is 14.3 Å². The monoisotopic (exact) mass is 224 g/mol. The lowest BCUT2D eigenvalue weighted by Gasteiger charge is -2.24. The molecule has 1 saturated heterocycles. The van der Waals surface area contributed by atoms with Crippen molar-refractivity contribution in [3.05, 3.63) is 0 Å². The first-order valence-electron chi connectivity index (χ1n) is 6.42. The Hall–Kier alpha value is -0.410. The zero-order valence-electron chi connectivity index (χ0n) is 10.1. The molecule has 0 aromatic heterocycles. The van der Waals surface area contributed by atoms with Crippen molar-refractivity contribution in [1.82, 2.24) is 0 Å². The Morgan fingerprint density at radius 1 is 1.31 bits per heavy atom. The second-order valence-corrected chi connectivity index (χ2v) is 5.93. The first-order chi connectivity index (χ1) is 7.55. The Kier molecular flexibility index (Phi) is 2.37. The highest BCUT2D eigenvalue weighted by Crippen LogP contribution is 2.48. The second kappa shape index (κ2) is 3.54. The van der Waals surface area contributed by atoms with Crippen LogP contribution in [0.5, 0.6) is 0 Å². The predicted molar refractivity (Wildman–Crippen MR) is 58.9 cm³/mol. The molecule has 0 spiro atoms. The Balaban J connectivity index is 1.78. The van der Waals surface area contributed by atoms with Gasteiger partial charge in [0, 0.05) is 12.8 Å². The number of hydrogen-bond donors (Lipinski definition) is 0. The van der Waals surface area contributed by atoms with Crippen LogP contribution in [0.15, 0.2) is 0 Å². The summed E-state index contributed by atoms with van der Waals surface area (Å²) < 4.78 is 11.9. The molecule has 4 atom stereocenters. The van der Waals surface area contributed by atoms with E-state index in [1.165, 1.54) is 0 Å². The Bertz CT molecular complexity index is 310. The molecule has 3 aliphatic rings. The van der Waals surface area contributed by atoms with Gasteiger partial charge in [-0.15, -0.1) is 0 Å². The van der Waals surface area contributed by atoms with Gasteiger partial charge >= 0.3 is 0 Å². The van der Waals surface area contributed by atoms with Gasteiger partial charge in [-0.25, -0.2) is 0 Å². The van der Waals surface area contributed by atoms with Crippen molar-refractivity contribution in [3.63, 3.8) is 0 Å². The standard InChI is InChI=1S/C13H20O3/c1-13(2)15-11-7-8-6-9(14)4-3-5-10(8)12(11)16-13/h8,10-12H,3-7H2,1-2H3/t8-,10+,11-,12+/m1/s1. The topological polar surface area (TPSA) is 35.5 Å². The molecule has 3 heteroatoms. The number of hydrogen-bond acceptors (Lipinski definition) is 3. The number of carbonyl (C=O) groups is 1. The third kappa shape index (κ3) is 1.70. The largest absolute Gasteiger partial charge is 0.345 e. The molecule has 90 valence electrons. The van der Waals surface area contributed by atoms with Crippen LogP contribution in [0.25, 0.3) is 0 Å². The number of fused-ring (bicyclic) bond motifs is 3. The van der Waals surface area contributed by atoms with Crippen molar-refractivity contribution in [3.8, 4) is 0 Å². The van der Waals surface area contributed by atoms with Gasteiger partial charge in [0.15, 0.2) is 5.79 Å². The third-order valence-corrected chi connectivity index (χ3v) is 4.27. The van der Waals surface area contributed by atoms with E-state index in [9.17, 15) is 4.79 Å². The van der Waals surface area contributed by atoms with Crippen LogP contribution in [0.4, 0.5) is 0 Å². The van der Waals surface area contributed by atoms with Gasteiger partial charge in [-0.05, 0) is 44.9 Å². The van der Waals surface area contributed by atoms with Gasteiger partial charge in [-0.3, -0.25) is 4.79 Å². The lowest BCUT2D eigenvalue weighted by molar-refractivity contribution is -0.160. The molecule has 0 aromatic rings. The minimum atomic E-state index is -0.420. The third-order valence-electron chi connectivity index (χ3n) is 4.27. The SMILES string of the molecule is CC1(C)O[C@H]2[C@H]3CCCC(=O)C[C@@H]3C[C@H]2O1. The number of rotatable bonds is 0. The van der Waals surface area contributed by atoms with E-state index >= 15 is 0 Å².